The van der Waals surface area contributed by atoms with Crippen LogP contribution in [0.3, 0.4) is 0 Å². The Bertz CT molecular complexity index is 1110. The third kappa shape index (κ3) is 4.09. The number of carboxylic acids is 1. The Morgan fingerprint density at radius 3 is 2.41 bits per heavy atom. The molecule has 0 aliphatic carbocycles. The molecule has 1 aromatic heterocycles. The number of carbonyl (C=O) groups is 1. The Labute approximate surface area is 161 Å². The number of hydrogen-bond donors (Lipinski definition) is 2. The summed E-state index contributed by atoms with van der Waals surface area (Å²) in [6.45, 7) is 6.42. The van der Waals surface area contributed by atoms with Crippen LogP contribution in [0.2, 0.25) is 0 Å². The van der Waals surface area contributed by atoms with Gasteiger partial charge in [0.05, 0.1) is 21.5 Å². The van der Waals surface area contributed by atoms with Gasteiger partial charge in [-0.15, -0.1) is 0 Å². The van der Waals surface area contributed by atoms with Gasteiger partial charge >= 0.3 is 5.97 Å². The van der Waals surface area contributed by atoms with Crippen LogP contribution in [0.1, 0.15) is 48.1 Å². The average molecular weight is 383 g/mol. The molecule has 0 bridgehead atoms. The van der Waals surface area contributed by atoms with Gasteiger partial charge in [0.2, 0.25) is 0 Å². The molecule has 0 atom stereocenters. The molecule has 0 spiro atoms. The molecular formula is C21H19ClN2O3. The summed E-state index contributed by atoms with van der Waals surface area (Å²) in [6, 6.07) is 12.1. The highest BCUT2D eigenvalue weighted by molar-refractivity contribution is 6.50. The van der Waals surface area contributed by atoms with Crippen molar-refractivity contribution in [1.82, 2.24) is 9.97 Å². The third-order valence-electron chi connectivity index (χ3n) is 4.25. The van der Waals surface area contributed by atoms with E-state index in [0.29, 0.717) is 5.39 Å². The highest BCUT2D eigenvalue weighted by atomic mass is 35.5. The van der Waals surface area contributed by atoms with Crippen molar-refractivity contribution in [3.05, 3.63) is 75.3 Å². The van der Waals surface area contributed by atoms with Gasteiger partial charge in [-0.1, -0.05) is 56.6 Å². The van der Waals surface area contributed by atoms with Crippen LogP contribution >= 0.6 is 11.6 Å². The van der Waals surface area contributed by atoms with Gasteiger partial charge in [0.15, 0.2) is 5.82 Å². The average Bonchev–Trinajstić information content (AvgIpc) is 2.60. The highest BCUT2D eigenvalue weighted by Crippen LogP contribution is 2.24. The fourth-order valence-electron chi connectivity index (χ4n) is 2.68. The summed E-state index contributed by atoms with van der Waals surface area (Å²) < 4.78 is 0. The Hall–Kier alpha value is -2.92. The summed E-state index contributed by atoms with van der Waals surface area (Å²) >= 11 is 6.36. The van der Waals surface area contributed by atoms with Crippen molar-refractivity contribution in [1.29, 1.82) is 0 Å². The smallest absolute Gasteiger partial charge is 0.335 e. The second-order valence-corrected chi connectivity index (χ2v) is 7.72. The normalized spacial score (nSPS) is 12.4. The summed E-state index contributed by atoms with van der Waals surface area (Å²) in [5.74, 6) is -0.891. The monoisotopic (exact) mass is 382 g/mol. The molecule has 0 radical (unpaired) electrons. The molecule has 5 nitrogen and oxygen atoms in total. The van der Waals surface area contributed by atoms with Gasteiger partial charge in [-0.25, -0.2) is 9.78 Å². The van der Waals surface area contributed by atoms with E-state index in [1.165, 1.54) is 23.8 Å². The maximum Gasteiger partial charge on any atom is 0.335 e. The number of H-pyrrole nitrogens is 1. The summed E-state index contributed by atoms with van der Waals surface area (Å²) in [6.07, 6.45) is 1.71. The number of carboxylic acid groups (broad SMARTS) is 1. The van der Waals surface area contributed by atoms with E-state index in [1.807, 2.05) is 24.3 Å². The number of aromatic nitrogens is 2. The van der Waals surface area contributed by atoms with Crippen molar-refractivity contribution in [2.75, 3.05) is 0 Å². The van der Waals surface area contributed by atoms with E-state index in [9.17, 15) is 9.59 Å². The summed E-state index contributed by atoms with van der Waals surface area (Å²) in [5.41, 5.74) is 2.09. The second-order valence-electron chi connectivity index (χ2n) is 7.32. The topological polar surface area (TPSA) is 83.0 Å². The molecule has 0 saturated heterocycles. The number of hydrogen-bond acceptors (Lipinski definition) is 3. The van der Waals surface area contributed by atoms with Gasteiger partial charge < -0.3 is 10.1 Å². The lowest BCUT2D eigenvalue weighted by Crippen LogP contribution is -2.11. The Morgan fingerprint density at radius 1 is 1.15 bits per heavy atom. The number of fused-ring (bicyclic) bond motifs is 1. The fourth-order valence-corrected chi connectivity index (χ4v) is 2.90. The zero-order valence-electron chi connectivity index (χ0n) is 15.2. The minimum absolute atomic E-state index is 0.0546. The number of halogens is 1. The van der Waals surface area contributed by atoms with Crippen LogP contribution in [0.4, 0.5) is 0 Å². The van der Waals surface area contributed by atoms with E-state index >= 15 is 0 Å². The Balaban J connectivity index is 2.01. The van der Waals surface area contributed by atoms with Crippen molar-refractivity contribution in [2.45, 2.75) is 26.2 Å². The minimum atomic E-state index is -1.08. The molecule has 0 saturated carbocycles. The molecule has 6 heteroatoms. The van der Waals surface area contributed by atoms with E-state index in [-0.39, 0.29) is 32.9 Å². The van der Waals surface area contributed by atoms with Crippen LogP contribution < -0.4 is 5.56 Å². The molecule has 1 heterocycles. The van der Waals surface area contributed by atoms with Crippen LogP contribution in [-0.2, 0) is 5.41 Å². The van der Waals surface area contributed by atoms with Crippen LogP contribution in [0.5, 0.6) is 0 Å². The first-order valence-electron chi connectivity index (χ1n) is 8.40. The number of aromatic carboxylic acids is 1. The summed E-state index contributed by atoms with van der Waals surface area (Å²) in [5, 5.41) is 9.69. The molecule has 0 unspecified atom stereocenters. The molecule has 0 aliphatic heterocycles. The molecule has 2 aromatic carbocycles. The maximum absolute atomic E-state index is 12.3. The van der Waals surface area contributed by atoms with Gasteiger partial charge in [-0.05, 0) is 40.8 Å². The zero-order valence-corrected chi connectivity index (χ0v) is 16.0. The van der Waals surface area contributed by atoms with Gasteiger partial charge in [0.1, 0.15) is 0 Å². The predicted octanol–water partition coefficient (Wildman–Crippen LogP) is 4.66. The van der Waals surface area contributed by atoms with E-state index in [1.54, 1.807) is 6.08 Å². The standard InChI is InChI=1S/C21H19ClN2O3/c1-21(2,3)14-7-4-12(5-8-14)10-16(22)18-23-17-11-13(20(26)27)6-9-15(17)19(25)24-18/h4-11H,1-3H3,(H,26,27)(H,23,24,25). The van der Waals surface area contributed by atoms with Crippen LogP contribution in [0.25, 0.3) is 22.0 Å². The van der Waals surface area contributed by atoms with Gasteiger partial charge in [0.25, 0.3) is 5.56 Å². The third-order valence-corrected chi connectivity index (χ3v) is 4.54. The lowest BCUT2D eigenvalue weighted by atomic mass is 9.87. The van der Waals surface area contributed by atoms with E-state index in [0.717, 1.165) is 5.56 Å². The van der Waals surface area contributed by atoms with Crippen LogP contribution in [0, 0.1) is 0 Å². The molecule has 0 amide bonds. The number of nitrogens with one attached hydrogen (secondary N) is 1. The van der Waals surface area contributed by atoms with Crippen LogP contribution in [0.15, 0.2) is 47.3 Å². The first-order chi connectivity index (χ1) is 12.6. The number of rotatable bonds is 3. The summed E-state index contributed by atoms with van der Waals surface area (Å²) in [7, 11) is 0. The van der Waals surface area contributed by atoms with Gasteiger partial charge in [-0.2, -0.15) is 0 Å². The molecule has 0 aliphatic rings. The molecule has 138 valence electrons. The van der Waals surface area contributed by atoms with E-state index in [4.69, 9.17) is 16.7 Å². The quantitative estimate of drug-likeness (QED) is 0.690. The zero-order chi connectivity index (χ0) is 19.8. The Morgan fingerprint density at radius 2 is 1.81 bits per heavy atom. The van der Waals surface area contributed by atoms with Gasteiger partial charge in [0, 0.05) is 0 Å². The largest absolute Gasteiger partial charge is 0.478 e. The predicted molar refractivity (Wildman–Crippen MR) is 108 cm³/mol. The number of benzene rings is 2. The maximum atomic E-state index is 12.3. The van der Waals surface area contributed by atoms with Crippen molar-refractivity contribution in [3.63, 3.8) is 0 Å². The first kappa shape index (κ1) is 18.9. The van der Waals surface area contributed by atoms with E-state index < -0.39 is 5.97 Å². The van der Waals surface area contributed by atoms with E-state index in [2.05, 4.69) is 30.7 Å². The van der Waals surface area contributed by atoms with Gasteiger partial charge in [-0.3, -0.25) is 4.79 Å². The van der Waals surface area contributed by atoms with Crippen molar-refractivity contribution >= 4 is 39.6 Å². The molecule has 3 rings (SSSR count). The minimum Gasteiger partial charge on any atom is -0.478 e. The van der Waals surface area contributed by atoms with Crippen molar-refractivity contribution < 1.29 is 9.90 Å². The van der Waals surface area contributed by atoms with Crippen molar-refractivity contribution in [3.8, 4) is 0 Å². The molecule has 0 fully saturated rings. The number of nitrogens with zero attached hydrogens (tertiary/aromatic N) is 1. The molecular weight excluding hydrogens is 364 g/mol. The number of aromatic amines is 1. The second kappa shape index (κ2) is 7.00. The fraction of sp³-hybridized carbons (Fsp3) is 0.190. The van der Waals surface area contributed by atoms with Crippen LogP contribution in [-0.4, -0.2) is 21.0 Å². The Kier molecular flexibility index (Phi) is 4.89. The molecule has 3 aromatic rings. The summed E-state index contributed by atoms with van der Waals surface area (Å²) in [4.78, 5) is 30.4. The lowest BCUT2D eigenvalue weighted by molar-refractivity contribution is 0.0697. The molecule has 2 N–H and O–H groups in total. The SMILES string of the molecule is CC(C)(C)c1ccc(C=C(Cl)c2nc3cc(C(=O)O)ccc3c(=O)[nH]2)cc1. The van der Waals surface area contributed by atoms with Crippen molar-refractivity contribution in [2.24, 2.45) is 0 Å². The lowest BCUT2D eigenvalue weighted by Gasteiger charge is -2.18. The molecule has 27 heavy (non-hydrogen) atoms. The highest BCUT2D eigenvalue weighted by Gasteiger charge is 2.13. The first-order valence-corrected chi connectivity index (χ1v) is 8.78.